The third-order valence-electron chi connectivity index (χ3n) is 12.3. The van der Waals surface area contributed by atoms with Gasteiger partial charge < -0.3 is 24.2 Å². The van der Waals surface area contributed by atoms with Crippen LogP contribution < -0.4 is 14.4 Å². The average Bonchev–Trinajstić information content (AvgIpc) is 3.38. The molecule has 2 aliphatic rings. The van der Waals surface area contributed by atoms with Crippen molar-refractivity contribution >= 4 is 39.5 Å². The molecule has 346 valence electrons. The molecule has 2 amide bonds. The lowest BCUT2D eigenvalue weighted by molar-refractivity contribution is -0.121. The lowest BCUT2D eigenvalue weighted by Crippen LogP contribution is -2.47. The number of benzene rings is 8. The molecule has 0 bridgehead atoms. The van der Waals surface area contributed by atoms with Gasteiger partial charge in [0.2, 0.25) is 6.41 Å². The van der Waals surface area contributed by atoms with Gasteiger partial charge in [-0.3, -0.25) is 9.59 Å². The molecular formula is C59H57F2N3O4. The van der Waals surface area contributed by atoms with Crippen molar-refractivity contribution in [2.24, 2.45) is 0 Å². The van der Waals surface area contributed by atoms with Crippen molar-refractivity contribution < 1.29 is 27.8 Å². The van der Waals surface area contributed by atoms with Gasteiger partial charge in [-0.25, -0.2) is 8.78 Å². The molecule has 0 aliphatic carbocycles. The molecule has 0 radical (unpaired) electrons. The number of fused-ring (bicyclic) bond motifs is 4. The van der Waals surface area contributed by atoms with E-state index in [-0.39, 0.29) is 30.3 Å². The first-order valence-electron chi connectivity index (χ1n) is 22.7. The zero-order chi connectivity index (χ0) is 48.0. The number of nitrogens with zero attached hydrogens (tertiary/aromatic N) is 3. The second-order valence-electron chi connectivity index (χ2n) is 16.9. The van der Waals surface area contributed by atoms with Crippen LogP contribution in [0.4, 0.5) is 14.5 Å². The number of amides is 2. The molecule has 7 nitrogen and oxygen atoms in total. The molecular weight excluding hydrogens is 853 g/mol. The van der Waals surface area contributed by atoms with Crippen LogP contribution >= 0.6 is 0 Å². The topological polar surface area (TPSA) is 62.3 Å². The Kier molecular flexibility index (Phi) is 16.4. The first-order chi connectivity index (χ1) is 33.1. The predicted octanol–water partition coefficient (Wildman–Crippen LogP) is 12.4. The Bertz CT molecular complexity index is 2960. The fourth-order valence-corrected chi connectivity index (χ4v) is 8.64. The second kappa shape index (κ2) is 23.1. The number of hydrogen-bond donors (Lipinski definition) is 0. The number of carbonyl (C=O) groups is 2. The van der Waals surface area contributed by atoms with E-state index in [4.69, 9.17) is 9.47 Å². The van der Waals surface area contributed by atoms with Gasteiger partial charge in [0, 0.05) is 50.6 Å². The molecule has 68 heavy (non-hydrogen) atoms. The van der Waals surface area contributed by atoms with Crippen molar-refractivity contribution in [3.8, 4) is 11.5 Å². The Morgan fingerprint density at radius 1 is 0.632 bits per heavy atom. The van der Waals surface area contributed by atoms with Gasteiger partial charge in [-0.1, -0.05) is 133 Å². The van der Waals surface area contributed by atoms with Gasteiger partial charge in [0.25, 0.3) is 5.91 Å². The van der Waals surface area contributed by atoms with Crippen LogP contribution in [-0.4, -0.2) is 61.5 Å². The summed E-state index contributed by atoms with van der Waals surface area (Å²) in [5, 5.41) is 4.75. The first kappa shape index (κ1) is 48.2. The SMILES string of the molecule is C=C.CN(C)c1cccc(OCC2Cc3ccccc3CN2C(=O)c2cccc3ccccc23)c1.Cc1cccc2ccccc12.O=CN1Cc2ccccc2CC1COc1ccc(F)cc1F. The van der Waals surface area contributed by atoms with Crippen molar-refractivity contribution in [3.05, 3.63) is 234 Å². The van der Waals surface area contributed by atoms with Crippen LogP contribution in [0.1, 0.15) is 38.2 Å². The van der Waals surface area contributed by atoms with Gasteiger partial charge in [-0.2, -0.15) is 0 Å². The number of carbonyl (C=O) groups excluding carboxylic acids is 2. The van der Waals surface area contributed by atoms with E-state index in [0.717, 1.165) is 63.9 Å². The molecule has 0 saturated heterocycles. The summed E-state index contributed by atoms with van der Waals surface area (Å²) in [4.78, 5) is 30.8. The molecule has 0 spiro atoms. The largest absolute Gasteiger partial charge is 0.491 e. The number of halogens is 2. The normalized spacial score (nSPS) is 14.6. The van der Waals surface area contributed by atoms with Crippen LogP contribution in [0.2, 0.25) is 0 Å². The van der Waals surface area contributed by atoms with Crippen molar-refractivity contribution in [1.29, 1.82) is 0 Å². The van der Waals surface area contributed by atoms with Crippen molar-refractivity contribution in [2.75, 3.05) is 32.2 Å². The molecule has 2 heterocycles. The summed E-state index contributed by atoms with van der Waals surface area (Å²) in [6.07, 6.45) is 2.21. The summed E-state index contributed by atoms with van der Waals surface area (Å²) in [5.74, 6) is -0.527. The minimum atomic E-state index is -0.742. The van der Waals surface area contributed by atoms with Crippen molar-refractivity contribution in [3.63, 3.8) is 0 Å². The third kappa shape index (κ3) is 11.8. The highest BCUT2D eigenvalue weighted by Gasteiger charge is 2.32. The minimum Gasteiger partial charge on any atom is -0.491 e. The fourth-order valence-electron chi connectivity index (χ4n) is 8.64. The molecule has 10 rings (SSSR count). The lowest BCUT2D eigenvalue weighted by atomic mass is 9.93. The summed E-state index contributed by atoms with van der Waals surface area (Å²) >= 11 is 0. The number of aryl methyl sites for hydroxylation is 1. The first-order valence-corrected chi connectivity index (χ1v) is 22.7. The number of rotatable bonds is 9. The minimum absolute atomic E-state index is 0.00823. The molecule has 8 aromatic carbocycles. The van der Waals surface area contributed by atoms with Crippen LogP contribution in [0.15, 0.2) is 189 Å². The van der Waals surface area contributed by atoms with Gasteiger partial charge in [-0.05, 0) is 99.5 Å². The van der Waals surface area contributed by atoms with Gasteiger partial charge in [0.15, 0.2) is 11.6 Å². The molecule has 0 saturated carbocycles. The zero-order valence-corrected chi connectivity index (χ0v) is 38.9. The summed E-state index contributed by atoms with van der Waals surface area (Å²) < 4.78 is 38.1. The molecule has 2 atom stereocenters. The smallest absolute Gasteiger partial charge is 0.255 e. The highest BCUT2D eigenvalue weighted by molar-refractivity contribution is 6.07. The molecule has 0 aromatic heterocycles. The van der Waals surface area contributed by atoms with Gasteiger partial charge in [0.1, 0.15) is 24.8 Å². The maximum absolute atomic E-state index is 13.9. The maximum Gasteiger partial charge on any atom is 0.255 e. The molecule has 0 fully saturated rings. The second-order valence-corrected chi connectivity index (χ2v) is 16.9. The summed E-state index contributed by atoms with van der Waals surface area (Å²) in [6, 6.07) is 56.2. The van der Waals surface area contributed by atoms with Crippen LogP contribution in [0, 0.1) is 18.6 Å². The quantitative estimate of drug-likeness (QED) is 0.107. The third-order valence-corrected chi connectivity index (χ3v) is 12.3. The van der Waals surface area contributed by atoms with Gasteiger partial charge in [-0.15, -0.1) is 13.2 Å². The fraction of sp³-hybridized carbons (Fsp3) is 0.186. The number of hydrogen-bond acceptors (Lipinski definition) is 5. The van der Waals surface area contributed by atoms with E-state index in [1.54, 1.807) is 4.90 Å². The van der Waals surface area contributed by atoms with E-state index in [9.17, 15) is 18.4 Å². The van der Waals surface area contributed by atoms with Gasteiger partial charge in [0.05, 0.1) is 12.1 Å². The molecule has 2 aliphatic heterocycles. The van der Waals surface area contributed by atoms with Gasteiger partial charge >= 0.3 is 0 Å². The van der Waals surface area contributed by atoms with E-state index >= 15 is 0 Å². The number of anilines is 1. The Morgan fingerprint density at radius 2 is 1.19 bits per heavy atom. The maximum atomic E-state index is 13.9. The molecule has 9 heteroatoms. The molecule has 0 N–H and O–H groups in total. The average molecular weight is 910 g/mol. The molecule has 8 aromatic rings. The highest BCUT2D eigenvalue weighted by Crippen LogP contribution is 2.30. The number of ether oxygens (including phenoxy) is 2. The monoisotopic (exact) mass is 909 g/mol. The Hall–Kier alpha value is -7.78. The summed E-state index contributed by atoms with van der Waals surface area (Å²) in [5.41, 5.74) is 7.94. The van der Waals surface area contributed by atoms with Crippen LogP contribution in [0.5, 0.6) is 11.5 Å². The Balaban J connectivity index is 0.000000167. The Labute approximate surface area is 398 Å². The van der Waals surface area contributed by atoms with E-state index in [1.807, 2.05) is 97.9 Å². The van der Waals surface area contributed by atoms with Crippen LogP contribution in [0.3, 0.4) is 0 Å². The van der Waals surface area contributed by atoms with E-state index in [0.29, 0.717) is 26.1 Å². The Morgan fingerprint density at radius 3 is 1.85 bits per heavy atom. The summed E-state index contributed by atoms with van der Waals surface area (Å²) in [7, 11) is 4.03. The predicted molar refractivity (Wildman–Crippen MR) is 271 cm³/mol. The van der Waals surface area contributed by atoms with Crippen molar-refractivity contribution in [2.45, 2.75) is 44.9 Å². The van der Waals surface area contributed by atoms with Crippen LogP contribution in [-0.2, 0) is 30.7 Å². The zero-order valence-electron chi connectivity index (χ0n) is 38.9. The van der Waals surface area contributed by atoms with E-state index in [1.165, 1.54) is 33.5 Å². The lowest BCUT2D eigenvalue weighted by Gasteiger charge is -2.37. The van der Waals surface area contributed by atoms with Crippen molar-refractivity contribution in [1.82, 2.24) is 9.80 Å². The summed E-state index contributed by atoms with van der Waals surface area (Å²) in [6.45, 7) is 9.85. The standard InChI is InChI=1S/C29H28N2O2.C17H15F2NO2.C11H10.C2H4/c1-30(2)24-13-8-14-26(18-24)33-20-25-17-22-10-3-4-11-23(22)19-31(25)29(32)28-16-7-12-21-9-5-6-15-27(21)28;18-14-5-6-17(16(19)8-14)22-10-15-7-12-3-1-2-4-13(12)9-20(15)11-21;1-9-5-4-7-10-6-2-3-8-11(9)10;1-2/h3-16,18,25H,17,19-20H2,1-2H3;1-6,8,11,15H,7,9-10H2;2-8H,1H3;1-2H2. The van der Waals surface area contributed by atoms with E-state index in [2.05, 4.69) is 104 Å². The van der Waals surface area contributed by atoms with E-state index < -0.39 is 11.6 Å². The highest BCUT2D eigenvalue weighted by atomic mass is 19.1. The molecule has 2 unspecified atom stereocenters. The van der Waals surface area contributed by atoms with Crippen LogP contribution in [0.25, 0.3) is 21.5 Å².